The van der Waals surface area contributed by atoms with Crippen molar-refractivity contribution in [2.24, 2.45) is 16.1 Å². The van der Waals surface area contributed by atoms with E-state index >= 15 is 0 Å². The number of azo groups is 1. The summed E-state index contributed by atoms with van der Waals surface area (Å²) in [4.78, 5) is 21.2. The van der Waals surface area contributed by atoms with E-state index in [1.165, 1.54) is 0 Å². The van der Waals surface area contributed by atoms with Gasteiger partial charge < -0.3 is 9.47 Å². The lowest BCUT2D eigenvalue weighted by atomic mass is 10.1. The summed E-state index contributed by atoms with van der Waals surface area (Å²) in [6.07, 6.45) is -1.05. The van der Waals surface area contributed by atoms with E-state index in [0.29, 0.717) is 5.92 Å². The maximum atomic E-state index is 10.8. The molecule has 0 aromatic carbocycles. The first kappa shape index (κ1) is 12.5. The zero-order valence-electron chi connectivity index (χ0n) is 8.52. The van der Waals surface area contributed by atoms with Crippen molar-refractivity contribution in [2.45, 2.75) is 20.3 Å². The molecule has 0 saturated heterocycles. The molecule has 0 aliphatic heterocycles. The van der Waals surface area contributed by atoms with Crippen molar-refractivity contribution in [3.63, 3.8) is 0 Å². The van der Waals surface area contributed by atoms with Crippen molar-refractivity contribution >= 4 is 12.2 Å². The van der Waals surface area contributed by atoms with Gasteiger partial charge in [-0.2, -0.15) is 0 Å². The van der Waals surface area contributed by atoms with Gasteiger partial charge in [0.2, 0.25) is 0 Å². The normalized spacial score (nSPS) is 10.6. The Labute approximate surface area is 82.3 Å². The second-order valence-corrected chi connectivity index (χ2v) is 2.97. The molecule has 0 bridgehead atoms. The van der Waals surface area contributed by atoms with Crippen LogP contribution in [-0.4, -0.2) is 25.9 Å². The monoisotopic (exact) mass is 202 g/mol. The van der Waals surface area contributed by atoms with Gasteiger partial charge in [-0.25, -0.2) is 9.59 Å². The number of rotatable bonds is 3. The molecule has 80 valence electrons. The lowest BCUT2D eigenvalue weighted by Crippen LogP contribution is -2.03. The van der Waals surface area contributed by atoms with E-state index in [4.69, 9.17) is 0 Å². The van der Waals surface area contributed by atoms with Crippen molar-refractivity contribution in [3.8, 4) is 0 Å². The second-order valence-electron chi connectivity index (χ2n) is 2.97. The van der Waals surface area contributed by atoms with Crippen molar-refractivity contribution in [2.75, 3.05) is 13.7 Å². The van der Waals surface area contributed by atoms with E-state index in [2.05, 4.69) is 19.7 Å². The highest BCUT2D eigenvalue weighted by Gasteiger charge is 2.02. The van der Waals surface area contributed by atoms with E-state index in [-0.39, 0.29) is 6.61 Å². The summed E-state index contributed by atoms with van der Waals surface area (Å²) >= 11 is 0. The quantitative estimate of drug-likeness (QED) is 0.658. The van der Waals surface area contributed by atoms with E-state index < -0.39 is 12.2 Å². The van der Waals surface area contributed by atoms with Gasteiger partial charge in [0, 0.05) is 0 Å². The van der Waals surface area contributed by atoms with Crippen molar-refractivity contribution < 1.29 is 19.1 Å². The first-order valence-corrected chi connectivity index (χ1v) is 4.22. The Bertz CT molecular complexity index is 225. The Morgan fingerprint density at radius 2 is 1.79 bits per heavy atom. The first-order chi connectivity index (χ1) is 6.56. The Kier molecular flexibility index (Phi) is 6.26. The molecule has 0 fully saturated rings. The first-order valence-electron chi connectivity index (χ1n) is 4.22. The number of carbonyl (C=O) groups is 2. The van der Waals surface area contributed by atoms with Crippen LogP contribution < -0.4 is 0 Å². The van der Waals surface area contributed by atoms with E-state index in [0.717, 1.165) is 13.5 Å². The topological polar surface area (TPSA) is 77.3 Å². The predicted octanol–water partition coefficient (Wildman–Crippen LogP) is 2.39. The van der Waals surface area contributed by atoms with Gasteiger partial charge in [-0.15, -0.1) is 0 Å². The molecule has 0 rings (SSSR count). The molecule has 6 heteroatoms. The maximum absolute atomic E-state index is 10.8. The van der Waals surface area contributed by atoms with Crippen LogP contribution in [0.1, 0.15) is 20.3 Å². The molecule has 14 heavy (non-hydrogen) atoms. The summed E-state index contributed by atoms with van der Waals surface area (Å²) in [6, 6.07) is 0. The average molecular weight is 202 g/mol. The van der Waals surface area contributed by atoms with Crippen molar-refractivity contribution in [1.29, 1.82) is 0 Å². The van der Waals surface area contributed by atoms with Gasteiger partial charge in [0.25, 0.3) is 0 Å². The molecule has 0 aromatic rings. The molecular formula is C8H14N2O4. The molecule has 2 amide bonds. The van der Waals surface area contributed by atoms with E-state index in [9.17, 15) is 9.59 Å². The fraction of sp³-hybridized carbons (Fsp3) is 0.750. The highest BCUT2D eigenvalue weighted by Crippen LogP contribution is 1.99. The van der Waals surface area contributed by atoms with Crippen LogP contribution >= 0.6 is 0 Å². The van der Waals surface area contributed by atoms with Crippen LogP contribution in [-0.2, 0) is 9.47 Å². The third kappa shape index (κ3) is 7.20. The summed E-state index contributed by atoms with van der Waals surface area (Å²) in [6.45, 7) is 4.28. The summed E-state index contributed by atoms with van der Waals surface area (Å²) < 4.78 is 8.78. The number of amides is 2. The molecule has 0 aliphatic carbocycles. The van der Waals surface area contributed by atoms with Crippen LogP contribution in [0.4, 0.5) is 9.59 Å². The summed E-state index contributed by atoms with van der Waals surface area (Å²) in [7, 11) is 1.14. The van der Waals surface area contributed by atoms with Crippen LogP contribution in [0.15, 0.2) is 10.2 Å². The lowest BCUT2D eigenvalue weighted by Gasteiger charge is -2.02. The Morgan fingerprint density at radius 3 is 2.29 bits per heavy atom. The highest BCUT2D eigenvalue weighted by atomic mass is 16.6. The van der Waals surface area contributed by atoms with Crippen LogP contribution in [0.25, 0.3) is 0 Å². The smallest absolute Gasteiger partial charge is 0.450 e. The largest absolute Gasteiger partial charge is 0.452 e. The maximum Gasteiger partial charge on any atom is 0.452 e. The molecule has 0 atom stereocenters. The molecule has 0 unspecified atom stereocenters. The van der Waals surface area contributed by atoms with Crippen molar-refractivity contribution in [3.05, 3.63) is 0 Å². The number of carbonyl (C=O) groups excluding carboxylic acids is 2. The van der Waals surface area contributed by atoms with Crippen LogP contribution in [0.5, 0.6) is 0 Å². The number of ether oxygens (including phenoxy) is 2. The minimum atomic E-state index is -0.925. The van der Waals surface area contributed by atoms with Gasteiger partial charge >= 0.3 is 12.2 Å². The minimum absolute atomic E-state index is 0.274. The van der Waals surface area contributed by atoms with Crippen LogP contribution in [0.3, 0.4) is 0 Å². The molecule has 0 saturated carbocycles. The number of nitrogens with zero attached hydrogens (tertiary/aromatic N) is 2. The van der Waals surface area contributed by atoms with E-state index in [1.54, 1.807) is 0 Å². The SMILES string of the molecule is COC(=O)/N=N/C(=O)OCCC(C)C. The molecule has 0 N–H and O–H groups in total. The summed E-state index contributed by atoms with van der Waals surface area (Å²) in [5, 5.41) is 5.91. The number of hydrogen-bond donors (Lipinski definition) is 0. The highest BCUT2D eigenvalue weighted by molar-refractivity contribution is 5.72. The number of hydrogen-bond acceptors (Lipinski definition) is 4. The third-order valence-corrected chi connectivity index (χ3v) is 1.31. The fourth-order valence-electron chi connectivity index (χ4n) is 0.533. The molecule has 0 aliphatic rings. The molecule has 6 nitrogen and oxygen atoms in total. The van der Waals surface area contributed by atoms with Gasteiger partial charge in [0.05, 0.1) is 13.7 Å². The van der Waals surface area contributed by atoms with Crippen LogP contribution in [0, 0.1) is 5.92 Å². The molecule has 0 heterocycles. The predicted molar refractivity (Wildman–Crippen MR) is 48.1 cm³/mol. The Morgan fingerprint density at radius 1 is 1.21 bits per heavy atom. The zero-order valence-corrected chi connectivity index (χ0v) is 8.52. The Hall–Kier alpha value is -1.46. The number of methoxy groups -OCH3 is 1. The average Bonchev–Trinajstić information content (AvgIpc) is 2.13. The van der Waals surface area contributed by atoms with Gasteiger partial charge in [0.15, 0.2) is 0 Å². The molecule has 0 aromatic heterocycles. The minimum Gasteiger partial charge on any atom is -0.450 e. The van der Waals surface area contributed by atoms with E-state index in [1.807, 2.05) is 13.8 Å². The van der Waals surface area contributed by atoms with Gasteiger partial charge in [-0.1, -0.05) is 24.1 Å². The lowest BCUT2D eigenvalue weighted by molar-refractivity contribution is 0.147. The molecule has 0 radical (unpaired) electrons. The molecule has 0 spiro atoms. The Balaban J connectivity index is 3.65. The zero-order chi connectivity index (χ0) is 11.0. The van der Waals surface area contributed by atoms with Crippen molar-refractivity contribution in [1.82, 2.24) is 0 Å². The summed E-state index contributed by atoms with van der Waals surface area (Å²) in [5.74, 6) is 0.445. The van der Waals surface area contributed by atoms with Crippen LogP contribution in [0.2, 0.25) is 0 Å². The van der Waals surface area contributed by atoms with Gasteiger partial charge in [-0.05, 0) is 12.3 Å². The fourth-order valence-corrected chi connectivity index (χ4v) is 0.533. The van der Waals surface area contributed by atoms with Gasteiger partial charge in [-0.3, -0.25) is 0 Å². The standard InChI is InChI=1S/C8H14N2O4/c1-6(2)4-5-14-8(12)10-9-7(11)13-3/h6H,4-5H2,1-3H3/b10-9+. The third-order valence-electron chi connectivity index (χ3n) is 1.31. The second kappa shape index (κ2) is 6.99. The summed E-state index contributed by atoms with van der Waals surface area (Å²) in [5.41, 5.74) is 0. The molecular weight excluding hydrogens is 188 g/mol. The van der Waals surface area contributed by atoms with Gasteiger partial charge in [0.1, 0.15) is 0 Å².